The molecule has 0 aliphatic carbocycles. The minimum Gasteiger partial charge on any atom is -0.478 e. The average Bonchev–Trinajstić information content (AvgIpc) is 2.80. The Labute approximate surface area is 98.0 Å². The lowest BCUT2D eigenvalue weighted by atomic mass is 10.1. The van der Waals surface area contributed by atoms with Crippen LogP contribution in [0.1, 0.15) is 11.1 Å². The molecule has 5 heteroatoms. The maximum atomic E-state index is 10.4. The first-order valence-electron chi connectivity index (χ1n) is 5.06. The first kappa shape index (κ1) is 11.1. The van der Waals surface area contributed by atoms with Gasteiger partial charge < -0.3 is 5.11 Å². The molecule has 0 aliphatic heterocycles. The summed E-state index contributed by atoms with van der Waals surface area (Å²) >= 11 is 0. The van der Waals surface area contributed by atoms with Crippen LogP contribution in [0, 0.1) is 0 Å². The smallest absolute Gasteiger partial charge is 0.328 e. The van der Waals surface area contributed by atoms with E-state index in [-0.39, 0.29) is 0 Å². The molecule has 0 saturated carbocycles. The highest BCUT2D eigenvalue weighted by atomic mass is 16.4. The Morgan fingerprint density at radius 2 is 2.35 bits per heavy atom. The van der Waals surface area contributed by atoms with Crippen molar-refractivity contribution in [1.29, 1.82) is 0 Å². The van der Waals surface area contributed by atoms with E-state index in [1.807, 2.05) is 24.3 Å². The summed E-state index contributed by atoms with van der Waals surface area (Å²) in [6.07, 6.45) is 5.80. The van der Waals surface area contributed by atoms with Gasteiger partial charge in [-0.2, -0.15) is 5.10 Å². The zero-order chi connectivity index (χ0) is 12.1. The molecule has 86 valence electrons. The van der Waals surface area contributed by atoms with Gasteiger partial charge in [-0.1, -0.05) is 18.2 Å². The highest BCUT2D eigenvalue weighted by molar-refractivity contribution is 5.85. The number of benzene rings is 1. The predicted molar refractivity (Wildman–Crippen MR) is 62.2 cm³/mol. The maximum absolute atomic E-state index is 10.4. The normalized spacial score (nSPS) is 10.8. The van der Waals surface area contributed by atoms with E-state index in [4.69, 9.17) is 5.11 Å². The highest BCUT2D eigenvalue weighted by Gasteiger charge is 1.96. The SMILES string of the molecule is O=C(O)/C=C/c1cccc(Cn2cncn2)c1. The third-order valence-corrected chi connectivity index (χ3v) is 2.18. The van der Waals surface area contributed by atoms with Gasteiger partial charge in [0.15, 0.2) is 0 Å². The maximum Gasteiger partial charge on any atom is 0.328 e. The molecule has 0 spiro atoms. The van der Waals surface area contributed by atoms with Gasteiger partial charge in [0.2, 0.25) is 0 Å². The van der Waals surface area contributed by atoms with Crippen molar-refractivity contribution in [1.82, 2.24) is 14.8 Å². The number of hydrogen-bond acceptors (Lipinski definition) is 3. The van der Waals surface area contributed by atoms with Gasteiger partial charge in [-0.15, -0.1) is 0 Å². The largest absolute Gasteiger partial charge is 0.478 e. The van der Waals surface area contributed by atoms with Crippen molar-refractivity contribution >= 4 is 12.0 Å². The number of rotatable bonds is 4. The Hall–Kier alpha value is -2.43. The van der Waals surface area contributed by atoms with Crippen molar-refractivity contribution < 1.29 is 9.90 Å². The van der Waals surface area contributed by atoms with Crippen LogP contribution in [-0.2, 0) is 11.3 Å². The lowest BCUT2D eigenvalue weighted by Gasteiger charge is -2.02. The molecule has 1 heterocycles. The van der Waals surface area contributed by atoms with Crippen molar-refractivity contribution in [2.75, 3.05) is 0 Å². The van der Waals surface area contributed by atoms with Crippen LogP contribution in [0.15, 0.2) is 43.0 Å². The third kappa shape index (κ3) is 3.27. The standard InChI is InChI=1S/C12H11N3O2/c16-12(17)5-4-10-2-1-3-11(6-10)7-15-9-13-8-14-15/h1-6,8-9H,7H2,(H,16,17)/b5-4+. The molecule has 0 amide bonds. The first-order valence-corrected chi connectivity index (χ1v) is 5.06. The van der Waals surface area contributed by atoms with Crippen LogP contribution in [0.5, 0.6) is 0 Å². The van der Waals surface area contributed by atoms with E-state index in [1.165, 1.54) is 6.33 Å². The van der Waals surface area contributed by atoms with Crippen LogP contribution in [0.2, 0.25) is 0 Å². The van der Waals surface area contributed by atoms with Gasteiger partial charge in [0.25, 0.3) is 0 Å². The fourth-order valence-electron chi connectivity index (χ4n) is 1.46. The van der Waals surface area contributed by atoms with E-state index in [2.05, 4.69) is 10.1 Å². The highest BCUT2D eigenvalue weighted by Crippen LogP contribution is 2.08. The summed E-state index contributed by atoms with van der Waals surface area (Å²) in [6.45, 7) is 0.620. The molecule has 0 atom stereocenters. The van der Waals surface area contributed by atoms with Crippen LogP contribution in [-0.4, -0.2) is 25.8 Å². The molecule has 5 nitrogen and oxygen atoms in total. The van der Waals surface area contributed by atoms with Crippen molar-refractivity contribution in [3.8, 4) is 0 Å². The fraction of sp³-hybridized carbons (Fsp3) is 0.0833. The molecule has 0 unspecified atom stereocenters. The van der Waals surface area contributed by atoms with Crippen molar-refractivity contribution in [3.05, 3.63) is 54.1 Å². The van der Waals surface area contributed by atoms with Crippen LogP contribution >= 0.6 is 0 Å². The van der Waals surface area contributed by atoms with Crippen molar-refractivity contribution in [2.24, 2.45) is 0 Å². The predicted octanol–water partition coefficient (Wildman–Crippen LogP) is 1.42. The zero-order valence-electron chi connectivity index (χ0n) is 9.02. The van der Waals surface area contributed by atoms with E-state index < -0.39 is 5.97 Å². The molecule has 0 fully saturated rings. The molecule has 0 radical (unpaired) electrons. The summed E-state index contributed by atoms with van der Waals surface area (Å²) < 4.78 is 1.71. The summed E-state index contributed by atoms with van der Waals surface area (Å²) in [5, 5.41) is 12.6. The Morgan fingerprint density at radius 3 is 3.06 bits per heavy atom. The number of aliphatic carboxylic acids is 1. The quantitative estimate of drug-likeness (QED) is 0.805. The summed E-state index contributed by atoms with van der Waals surface area (Å²) in [5.74, 6) is -0.952. The summed E-state index contributed by atoms with van der Waals surface area (Å²) in [7, 11) is 0. The fourth-order valence-corrected chi connectivity index (χ4v) is 1.46. The molecule has 17 heavy (non-hydrogen) atoms. The molecule has 0 aliphatic rings. The Morgan fingerprint density at radius 1 is 1.47 bits per heavy atom. The zero-order valence-corrected chi connectivity index (χ0v) is 9.02. The van der Waals surface area contributed by atoms with Gasteiger partial charge in [-0.3, -0.25) is 0 Å². The van der Waals surface area contributed by atoms with Crippen molar-refractivity contribution in [2.45, 2.75) is 6.54 Å². The minimum absolute atomic E-state index is 0.620. The van der Waals surface area contributed by atoms with Crippen LogP contribution in [0.3, 0.4) is 0 Å². The van der Waals surface area contributed by atoms with Gasteiger partial charge in [0.1, 0.15) is 12.7 Å². The van der Waals surface area contributed by atoms with Crippen molar-refractivity contribution in [3.63, 3.8) is 0 Å². The Bertz CT molecular complexity index is 532. The number of aromatic nitrogens is 3. The third-order valence-electron chi connectivity index (χ3n) is 2.18. The van der Waals surface area contributed by atoms with E-state index in [9.17, 15) is 4.79 Å². The molecule has 0 saturated heterocycles. The summed E-state index contributed by atoms with van der Waals surface area (Å²) in [4.78, 5) is 14.3. The minimum atomic E-state index is -0.952. The lowest BCUT2D eigenvalue weighted by Crippen LogP contribution is -1.99. The molecule has 0 bridgehead atoms. The molecular formula is C12H11N3O2. The number of carbonyl (C=O) groups is 1. The van der Waals surface area contributed by atoms with Crippen LogP contribution in [0.4, 0.5) is 0 Å². The molecule has 2 rings (SSSR count). The number of carboxylic acids is 1. The number of carboxylic acid groups (broad SMARTS) is 1. The van der Waals surface area contributed by atoms with Gasteiger partial charge in [0, 0.05) is 6.08 Å². The second-order valence-corrected chi connectivity index (χ2v) is 3.51. The number of nitrogens with zero attached hydrogens (tertiary/aromatic N) is 3. The van der Waals surface area contributed by atoms with Gasteiger partial charge in [-0.25, -0.2) is 14.5 Å². The second-order valence-electron chi connectivity index (χ2n) is 3.51. The summed E-state index contributed by atoms with van der Waals surface area (Å²) in [5.41, 5.74) is 1.90. The molecular weight excluding hydrogens is 218 g/mol. The van der Waals surface area contributed by atoms with Gasteiger partial charge in [-0.05, 0) is 23.3 Å². The molecule has 1 N–H and O–H groups in total. The first-order chi connectivity index (χ1) is 8.24. The van der Waals surface area contributed by atoms with E-state index in [0.29, 0.717) is 6.54 Å². The topological polar surface area (TPSA) is 68.0 Å². The van der Waals surface area contributed by atoms with E-state index >= 15 is 0 Å². The summed E-state index contributed by atoms with van der Waals surface area (Å²) in [6, 6.07) is 7.61. The molecule has 1 aromatic carbocycles. The van der Waals surface area contributed by atoms with Crippen LogP contribution < -0.4 is 0 Å². The van der Waals surface area contributed by atoms with Gasteiger partial charge >= 0.3 is 5.97 Å². The van der Waals surface area contributed by atoms with Crippen LogP contribution in [0.25, 0.3) is 6.08 Å². The molecule has 1 aromatic heterocycles. The average molecular weight is 229 g/mol. The molecule has 2 aromatic rings. The Balaban J connectivity index is 2.14. The van der Waals surface area contributed by atoms with E-state index in [1.54, 1.807) is 17.1 Å². The van der Waals surface area contributed by atoms with E-state index in [0.717, 1.165) is 17.2 Å². The monoisotopic (exact) mass is 229 g/mol. The second kappa shape index (κ2) is 5.07. The number of hydrogen-bond donors (Lipinski definition) is 1. The Kier molecular flexibility index (Phi) is 3.30. The van der Waals surface area contributed by atoms with Gasteiger partial charge in [0.05, 0.1) is 6.54 Å². The lowest BCUT2D eigenvalue weighted by molar-refractivity contribution is -0.131.